The highest BCUT2D eigenvalue weighted by Gasteiger charge is 2.47. The molecule has 1 aliphatic heterocycles. The lowest BCUT2D eigenvalue weighted by Gasteiger charge is -2.23. The van der Waals surface area contributed by atoms with Crippen LogP contribution in [0.1, 0.15) is 22.5 Å². The van der Waals surface area contributed by atoms with Crippen molar-refractivity contribution in [2.24, 2.45) is 5.16 Å². The zero-order valence-corrected chi connectivity index (χ0v) is 15.7. The molecule has 9 heteroatoms. The number of benzene rings is 1. The normalized spacial score (nSPS) is 18.2. The van der Waals surface area contributed by atoms with E-state index >= 15 is 0 Å². The Balaban J connectivity index is 1.44. The van der Waals surface area contributed by atoms with E-state index in [1.165, 1.54) is 18.0 Å². The number of nitrogens with zero attached hydrogens (tertiary/aromatic N) is 4. The first-order valence-electron chi connectivity index (χ1n) is 9.04. The Morgan fingerprint density at radius 1 is 1.21 bits per heavy atom. The number of fused-ring (bicyclic) bond motifs is 1. The van der Waals surface area contributed by atoms with Crippen LogP contribution in [0.4, 0.5) is 0 Å². The van der Waals surface area contributed by atoms with Gasteiger partial charge in [-0.05, 0) is 17.7 Å². The van der Waals surface area contributed by atoms with Crippen LogP contribution in [0, 0.1) is 0 Å². The number of nitrogens with one attached hydrogen (secondary N) is 1. The summed E-state index contributed by atoms with van der Waals surface area (Å²) in [5.74, 6) is -0.832. The number of aromatic nitrogens is 3. The summed E-state index contributed by atoms with van der Waals surface area (Å²) in [4.78, 5) is 34.6. The second-order valence-corrected chi connectivity index (χ2v) is 6.70. The lowest BCUT2D eigenvalue weighted by molar-refractivity contribution is -0.166. The van der Waals surface area contributed by atoms with Gasteiger partial charge in [0.1, 0.15) is 12.0 Å². The van der Waals surface area contributed by atoms with Gasteiger partial charge < -0.3 is 14.9 Å². The molecule has 0 radical (unpaired) electrons. The summed E-state index contributed by atoms with van der Waals surface area (Å²) >= 11 is 0. The number of amides is 1. The third-order valence-corrected chi connectivity index (χ3v) is 4.72. The first-order chi connectivity index (χ1) is 14.1. The third kappa shape index (κ3) is 3.66. The van der Waals surface area contributed by atoms with Gasteiger partial charge in [0.15, 0.2) is 5.65 Å². The van der Waals surface area contributed by atoms with Crippen molar-refractivity contribution in [1.29, 1.82) is 0 Å². The highest BCUT2D eigenvalue weighted by molar-refractivity contribution is 5.99. The number of rotatable bonds is 6. The Morgan fingerprint density at radius 2 is 2.03 bits per heavy atom. The van der Waals surface area contributed by atoms with E-state index in [-0.39, 0.29) is 18.9 Å². The maximum Gasteiger partial charge on any atom is 0.353 e. The fourth-order valence-electron chi connectivity index (χ4n) is 3.32. The highest BCUT2D eigenvalue weighted by Crippen LogP contribution is 2.29. The number of carbonyl (C=O) groups excluding carboxylic acids is 2. The molecule has 0 bridgehead atoms. The average Bonchev–Trinajstić information content (AvgIpc) is 3.39. The molecule has 29 heavy (non-hydrogen) atoms. The Hall–Kier alpha value is -3.75. The molecular weight excluding hydrogens is 374 g/mol. The molecule has 148 valence electrons. The van der Waals surface area contributed by atoms with Crippen LogP contribution in [0.2, 0.25) is 0 Å². The van der Waals surface area contributed by atoms with Gasteiger partial charge in [0.05, 0.1) is 19.4 Å². The largest absolute Gasteiger partial charge is 0.466 e. The minimum atomic E-state index is -1.23. The number of ether oxygens (including phenoxy) is 1. The molecule has 3 aromatic rings. The summed E-state index contributed by atoms with van der Waals surface area (Å²) in [7, 11) is 1.32. The van der Waals surface area contributed by atoms with Crippen LogP contribution in [0.15, 0.2) is 60.0 Å². The van der Waals surface area contributed by atoms with Gasteiger partial charge in [-0.15, -0.1) is 0 Å². The zero-order chi connectivity index (χ0) is 20.3. The molecular formula is C20H19N5O4. The average molecular weight is 393 g/mol. The fraction of sp³-hybridized carbons (Fsp3) is 0.250. The third-order valence-electron chi connectivity index (χ3n) is 4.72. The van der Waals surface area contributed by atoms with Crippen molar-refractivity contribution in [3.63, 3.8) is 0 Å². The Morgan fingerprint density at radius 3 is 2.83 bits per heavy atom. The number of hydrogen-bond acceptors (Lipinski definition) is 7. The number of hydrogen-bond donors (Lipinski definition) is 1. The van der Waals surface area contributed by atoms with Crippen LogP contribution in [0.3, 0.4) is 0 Å². The van der Waals surface area contributed by atoms with Crippen LogP contribution in [-0.2, 0) is 20.8 Å². The Labute approximate surface area is 166 Å². The van der Waals surface area contributed by atoms with Crippen LogP contribution in [0.25, 0.3) is 5.65 Å². The number of pyridine rings is 1. The number of methoxy groups -OCH3 is 1. The molecule has 3 heterocycles. The van der Waals surface area contributed by atoms with Gasteiger partial charge in [0.25, 0.3) is 5.91 Å². The van der Waals surface area contributed by atoms with Crippen LogP contribution < -0.4 is 5.32 Å². The van der Waals surface area contributed by atoms with Crippen molar-refractivity contribution in [3.8, 4) is 0 Å². The van der Waals surface area contributed by atoms with E-state index in [1.807, 2.05) is 30.3 Å². The van der Waals surface area contributed by atoms with Crippen molar-refractivity contribution in [2.45, 2.75) is 18.4 Å². The van der Waals surface area contributed by atoms with E-state index in [0.29, 0.717) is 23.5 Å². The van der Waals surface area contributed by atoms with Gasteiger partial charge in [-0.2, -0.15) is 5.10 Å². The molecule has 1 aliphatic rings. The molecule has 0 saturated carbocycles. The van der Waals surface area contributed by atoms with Crippen LogP contribution >= 0.6 is 0 Å². The zero-order valence-electron chi connectivity index (χ0n) is 15.7. The van der Waals surface area contributed by atoms with E-state index in [2.05, 4.69) is 20.6 Å². The maximum atomic E-state index is 12.6. The molecule has 4 rings (SSSR count). The summed E-state index contributed by atoms with van der Waals surface area (Å²) in [6.45, 7) is 0.136. The van der Waals surface area contributed by atoms with Gasteiger partial charge in [-0.3, -0.25) is 4.79 Å². The lowest BCUT2D eigenvalue weighted by atomic mass is 9.89. The van der Waals surface area contributed by atoms with E-state index < -0.39 is 11.6 Å². The second kappa shape index (κ2) is 7.70. The summed E-state index contributed by atoms with van der Waals surface area (Å²) in [5.41, 5.74) is 1.17. The summed E-state index contributed by atoms with van der Waals surface area (Å²) < 4.78 is 6.40. The maximum absolute atomic E-state index is 12.6. The molecule has 0 saturated heterocycles. The second-order valence-electron chi connectivity index (χ2n) is 6.70. The molecule has 1 aromatic carbocycles. The smallest absolute Gasteiger partial charge is 0.353 e. The first kappa shape index (κ1) is 18.6. The van der Waals surface area contributed by atoms with Gasteiger partial charge in [-0.25, -0.2) is 14.3 Å². The molecule has 0 fully saturated rings. The van der Waals surface area contributed by atoms with Crippen LogP contribution in [0.5, 0.6) is 0 Å². The number of carbonyl (C=O) groups is 2. The number of oxime groups is 1. The van der Waals surface area contributed by atoms with Crippen molar-refractivity contribution in [3.05, 3.63) is 66.1 Å². The molecule has 2 aromatic heterocycles. The number of esters is 1. The van der Waals surface area contributed by atoms with E-state index in [1.54, 1.807) is 18.2 Å². The topological polar surface area (TPSA) is 107 Å². The van der Waals surface area contributed by atoms with Crippen molar-refractivity contribution < 1.29 is 19.2 Å². The van der Waals surface area contributed by atoms with Gasteiger partial charge >= 0.3 is 5.97 Å². The van der Waals surface area contributed by atoms with E-state index in [0.717, 1.165) is 5.56 Å². The summed E-state index contributed by atoms with van der Waals surface area (Å²) in [6.07, 6.45) is 1.93. The van der Waals surface area contributed by atoms with E-state index in [4.69, 9.17) is 9.57 Å². The van der Waals surface area contributed by atoms with Crippen molar-refractivity contribution in [2.75, 3.05) is 13.7 Å². The molecule has 0 aliphatic carbocycles. The van der Waals surface area contributed by atoms with Crippen molar-refractivity contribution >= 4 is 23.2 Å². The summed E-state index contributed by atoms with van der Waals surface area (Å²) in [5, 5.41) is 10.9. The highest BCUT2D eigenvalue weighted by atomic mass is 16.7. The SMILES string of the molecule is COC(=O)C1(Cc2ccccc2)CC(CNC(=O)c2cccc3ncnn23)=NO1. The lowest BCUT2D eigenvalue weighted by Crippen LogP contribution is -2.43. The molecule has 9 nitrogen and oxygen atoms in total. The standard InChI is InChI=1S/C20H19N5O4/c1-28-19(27)20(10-14-6-3-2-4-7-14)11-15(24-29-20)12-21-18(26)16-8-5-9-17-22-13-23-25(16)17/h2-9,13H,10-12H2,1H3,(H,21,26). The van der Waals surface area contributed by atoms with Gasteiger partial charge in [0, 0.05) is 12.8 Å². The van der Waals surface area contributed by atoms with Crippen LogP contribution in [-0.4, -0.2) is 51.4 Å². The fourth-order valence-corrected chi connectivity index (χ4v) is 3.32. The molecule has 1 atom stereocenters. The summed E-state index contributed by atoms with van der Waals surface area (Å²) in [6, 6.07) is 14.6. The predicted octanol–water partition coefficient (Wildman–Crippen LogP) is 1.39. The van der Waals surface area contributed by atoms with Crippen molar-refractivity contribution in [1.82, 2.24) is 19.9 Å². The Kier molecular flexibility index (Phi) is 4.94. The van der Waals surface area contributed by atoms with Gasteiger partial charge in [-0.1, -0.05) is 41.6 Å². The van der Waals surface area contributed by atoms with Gasteiger partial charge in [0.2, 0.25) is 5.60 Å². The quantitative estimate of drug-likeness (QED) is 0.634. The molecule has 0 spiro atoms. The first-order valence-corrected chi connectivity index (χ1v) is 9.04. The molecule has 1 unspecified atom stereocenters. The molecule has 1 N–H and O–H groups in total. The molecule has 1 amide bonds. The Bertz CT molecular complexity index is 1080. The monoisotopic (exact) mass is 393 g/mol. The van der Waals surface area contributed by atoms with E-state index in [9.17, 15) is 9.59 Å². The minimum absolute atomic E-state index is 0.136. The predicted molar refractivity (Wildman–Crippen MR) is 103 cm³/mol. The minimum Gasteiger partial charge on any atom is -0.466 e.